The zero-order chi connectivity index (χ0) is 29.0. The van der Waals surface area contributed by atoms with Gasteiger partial charge in [-0.15, -0.1) is 0 Å². The molecule has 0 bridgehead atoms. The topological polar surface area (TPSA) is 127 Å². The molecular weight excluding hydrogens is 536 g/mol. The van der Waals surface area contributed by atoms with E-state index in [0.717, 1.165) is 18.5 Å². The summed E-state index contributed by atoms with van der Waals surface area (Å²) in [7, 11) is 0. The Morgan fingerprint density at radius 3 is 2.46 bits per heavy atom. The molecule has 3 N–H and O–H groups in total. The van der Waals surface area contributed by atoms with Crippen molar-refractivity contribution in [3.8, 4) is 0 Å². The first-order valence-corrected chi connectivity index (χ1v) is 11.8. The third kappa shape index (κ3) is 7.46. The Morgan fingerprint density at radius 2 is 1.87 bits per heavy atom. The SMILES string of the molecule is CC1(C)CN(C(=O)CCOCCNc2cn[nH]c(=O)c2C(=N)C(F)(F)F)CCN1c1ccc(C(F)(F)F)cn1. The third-order valence-electron chi connectivity index (χ3n) is 6.02. The molecule has 2 aromatic rings. The molecule has 1 amide bonds. The van der Waals surface area contributed by atoms with Crippen molar-refractivity contribution >= 4 is 23.1 Å². The second-order valence-electron chi connectivity index (χ2n) is 9.33. The van der Waals surface area contributed by atoms with Gasteiger partial charge in [0.25, 0.3) is 5.56 Å². The number of rotatable bonds is 9. The van der Waals surface area contributed by atoms with Gasteiger partial charge in [-0.1, -0.05) is 0 Å². The zero-order valence-corrected chi connectivity index (χ0v) is 21.0. The predicted octanol–water partition coefficient (Wildman–Crippen LogP) is 3.06. The van der Waals surface area contributed by atoms with Gasteiger partial charge in [-0.2, -0.15) is 31.4 Å². The van der Waals surface area contributed by atoms with E-state index in [0.29, 0.717) is 25.5 Å². The van der Waals surface area contributed by atoms with Crippen LogP contribution in [-0.2, 0) is 15.7 Å². The summed E-state index contributed by atoms with van der Waals surface area (Å²) >= 11 is 0. The maximum absolute atomic E-state index is 12.9. The number of aromatic amines is 1. The van der Waals surface area contributed by atoms with Crippen LogP contribution in [0.15, 0.2) is 29.3 Å². The Bertz CT molecular complexity index is 1230. The number of carbonyl (C=O) groups excluding carboxylic acids is 1. The van der Waals surface area contributed by atoms with Gasteiger partial charge in [0.15, 0.2) is 5.71 Å². The van der Waals surface area contributed by atoms with Crippen LogP contribution in [0.5, 0.6) is 0 Å². The van der Waals surface area contributed by atoms with Crippen LogP contribution < -0.4 is 15.8 Å². The molecule has 10 nitrogen and oxygen atoms in total. The first-order valence-electron chi connectivity index (χ1n) is 11.8. The normalized spacial score (nSPS) is 15.8. The van der Waals surface area contributed by atoms with Gasteiger partial charge in [-0.3, -0.25) is 15.0 Å². The summed E-state index contributed by atoms with van der Waals surface area (Å²) < 4.78 is 82.6. The van der Waals surface area contributed by atoms with Gasteiger partial charge in [-0.05, 0) is 26.0 Å². The number of hydrogen-bond donors (Lipinski definition) is 3. The number of anilines is 2. The molecular formula is C23H27F6N7O3. The Labute approximate surface area is 218 Å². The molecule has 1 aliphatic heterocycles. The highest BCUT2D eigenvalue weighted by molar-refractivity contribution is 6.06. The summed E-state index contributed by atoms with van der Waals surface area (Å²) in [5, 5.41) is 15.1. The van der Waals surface area contributed by atoms with Gasteiger partial charge in [0.2, 0.25) is 5.91 Å². The summed E-state index contributed by atoms with van der Waals surface area (Å²) in [6.07, 6.45) is -7.73. The molecule has 214 valence electrons. The number of aromatic nitrogens is 3. The van der Waals surface area contributed by atoms with E-state index in [2.05, 4.69) is 15.4 Å². The molecule has 1 aliphatic rings. The molecule has 0 spiro atoms. The molecule has 1 fully saturated rings. The Morgan fingerprint density at radius 1 is 1.15 bits per heavy atom. The van der Waals surface area contributed by atoms with Crippen molar-refractivity contribution < 1.29 is 35.9 Å². The molecule has 2 aromatic heterocycles. The molecule has 0 aliphatic carbocycles. The second-order valence-corrected chi connectivity index (χ2v) is 9.33. The van der Waals surface area contributed by atoms with Gasteiger partial charge in [0, 0.05) is 32.4 Å². The van der Waals surface area contributed by atoms with Crippen LogP contribution in [0, 0.1) is 5.41 Å². The second kappa shape index (κ2) is 11.6. The van der Waals surface area contributed by atoms with Gasteiger partial charge in [-0.25, -0.2) is 10.1 Å². The van der Waals surface area contributed by atoms with E-state index >= 15 is 0 Å². The van der Waals surface area contributed by atoms with E-state index in [4.69, 9.17) is 10.1 Å². The Hall–Kier alpha value is -3.69. The third-order valence-corrected chi connectivity index (χ3v) is 6.02. The van der Waals surface area contributed by atoms with E-state index < -0.39 is 40.3 Å². The lowest BCUT2D eigenvalue weighted by Gasteiger charge is -2.47. The van der Waals surface area contributed by atoms with Crippen molar-refractivity contribution in [2.24, 2.45) is 0 Å². The standard InChI is InChI=1S/C23H27F6N7O3/c1-21(2)13-35(7-8-36(21)16-4-3-14(11-32-16)22(24,25)26)17(37)5-9-39-10-6-31-15-12-33-34-20(38)18(15)19(30)23(27,28)29/h3-4,11-12,30H,5-10,13H2,1-2H3,(H2,31,34,38). The number of pyridine rings is 1. The predicted molar refractivity (Wildman–Crippen MR) is 129 cm³/mol. The van der Waals surface area contributed by atoms with Crippen molar-refractivity contribution in [2.75, 3.05) is 49.6 Å². The molecule has 0 radical (unpaired) electrons. The largest absolute Gasteiger partial charge is 0.433 e. The number of carbonyl (C=O) groups is 1. The lowest BCUT2D eigenvalue weighted by Crippen LogP contribution is -2.61. The minimum absolute atomic E-state index is 0.00225. The van der Waals surface area contributed by atoms with Crippen LogP contribution in [0.25, 0.3) is 0 Å². The first kappa shape index (κ1) is 29.9. The highest BCUT2D eigenvalue weighted by Crippen LogP contribution is 2.32. The average molecular weight is 564 g/mol. The summed E-state index contributed by atoms with van der Waals surface area (Å²) in [5.41, 5.74) is -5.58. The fraction of sp³-hybridized carbons (Fsp3) is 0.522. The molecule has 0 unspecified atom stereocenters. The van der Waals surface area contributed by atoms with Gasteiger partial charge >= 0.3 is 12.4 Å². The van der Waals surface area contributed by atoms with Crippen molar-refractivity contribution in [2.45, 2.75) is 38.2 Å². The van der Waals surface area contributed by atoms with Gasteiger partial charge in [0.1, 0.15) is 5.82 Å². The highest BCUT2D eigenvalue weighted by atomic mass is 19.4. The van der Waals surface area contributed by atoms with Crippen LogP contribution in [0.2, 0.25) is 0 Å². The quantitative estimate of drug-likeness (QED) is 0.243. The Balaban J connectivity index is 1.45. The minimum Gasteiger partial charge on any atom is -0.381 e. The lowest BCUT2D eigenvalue weighted by atomic mass is 9.98. The molecule has 3 rings (SSSR count). The summed E-state index contributed by atoms with van der Waals surface area (Å²) in [6.45, 7) is 4.72. The minimum atomic E-state index is -5.02. The van der Waals surface area contributed by atoms with E-state index in [-0.39, 0.29) is 37.8 Å². The van der Waals surface area contributed by atoms with E-state index in [1.165, 1.54) is 6.07 Å². The number of nitrogens with one attached hydrogen (secondary N) is 3. The molecule has 39 heavy (non-hydrogen) atoms. The maximum atomic E-state index is 12.9. The average Bonchev–Trinajstić information content (AvgIpc) is 2.84. The molecule has 1 saturated heterocycles. The van der Waals surface area contributed by atoms with Crippen molar-refractivity contribution in [1.82, 2.24) is 20.1 Å². The fourth-order valence-corrected chi connectivity index (χ4v) is 4.11. The summed E-state index contributed by atoms with van der Waals surface area (Å²) in [4.78, 5) is 31.9. The zero-order valence-electron chi connectivity index (χ0n) is 21.0. The van der Waals surface area contributed by atoms with E-state index in [1.807, 2.05) is 23.8 Å². The number of piperazine rings is 1. The van der Waals surface area contributed by atoms with Crippen molar-refractivity contribution in [3.63, 3.8) is 0 Å². The Kier molecular flexibility index (Phi) is 8.87. The summed E-state index contributed by atoms with van der Waals surface area (Å²) in [6, 6.07) is 2.27. The number of H-pyrrole nitrogens is 1. The smallest absolute Gasteiger partial charge is 0.381 e. The van der Waals surface area contributed by atoms with Crippen LogP contribution >= 0.6 is 0 Å². The number of halogens is 6. The van der Waals surface area contributed by atoms with Crippen LogP contribution in [0.4, 0.5) is 37.8 Å². The van der Waals surface area contributed by atoms with Crippen molar-refractivity contribution in [3.05, 3.63) is 46.0 Å². The van der Waals surface area contributed by atoms with Gasteiger partial charge in [0.05, 0.1) is 48.2 Å². The number of hydrogen-bond acceptors (Lipinski definition) is 8. The van der Waals surface area contributed by atoms with Crippen LogP contribution in [0.3, 0.4) is 0 Å². The molecule has 0 aromatic carbocycles. The number of alkyl halides is 6. The lowest BCUT2D eigenvalue weighted by molar-refractivity contribution is -0.138. The number of ether oxygens (including phenoxy) is 1. The number of nitrogens with zero attached hydrogens (tertiary/aromatic N) is 4. The maximum Gasteiger partial charge on any atom is 0.433 e. The molecule has 0 saturated carbocycles. The molecule has 0 atom stereocenters. The number of amides is 1. The molecule has 16 heteroatoms. The molecule has 3 heterocycles. The van der Waals surface area contributed by atoms with Crippen molar-refractivity contribution in [1.29, 1.82) is 5.41 Å². The van der Waals surface area contributed by atoms with Crippen LogP contribution in [-0.4, -0.2) is 82.8 Å². The van der Waals surface area contributed by atoms with Gasteiger partial charge < -0.3 is 19.9 Å². The van der Waals surface area contributed by atoms with E-state index in [9.17, 15) is 35.9 Å². The van der Waals surface area contributed by atoms with Crippen LogP contribution in [0.1, 0.15) is 31.4 Å². The highest BCUT2D eigenvalue weighted by Gasteiger charge is 2.39. The summed E-state index contributed by atoms with van der Waals surface area (Å²) in [5.74, 6) is 0.177. The van der Waals surface area contributed by atoms with E-state index in [1.54, 1.807) is 4.90 Å². The first-order chi connectivity index (χ1) is 18.1. The monoisotopic (exact) mass is 563 g/mol. The fourth-order valence-electron chi connectivity index (χ4n) is 4.11.